The zero-order valence-corrected chi connectivity index (χ0v) is 8.35. The number of hydrogen-bond donors (Lipinski definition) is 1. The molecule has 2 heteroatoms. The molecule has 0 aromatic heterocycles. The van der Waals surface area contributed by atoms with Gasteiger partial charge in [0.25, 0.3) is 0 Å². The summed E-state index contributed by atoms with van der Waals surface area (Å²) >= 11 is 3.43. The van der Waals surface area contributed by atoms with Crippen molar-refractivity contribution < 1.29 is 0 Å². The third-order valence-corrected chi connectivity index (χ3v) is 2.27. The molecule has 1 nitrogen and oxygen atoms in total. The van der Waals surface area contributed by atoms with Crippen molar-refractivity contribution in [1.82, 2.24) is 5.32 Å². The SMILES string of the molecule is CNC(C)c1cccc(Br)c1. The molecule has 1 aromatic rings. The molecule has 0 radical (unpaired) electrons. The van der Waals surface area contributed by atoms with Gasteiger partial charge in [0.2, 0.25) is 0 Å². The summed E-state index contributed by atoms with van der Waals surface area (Å²) < 4.78 is 1.14. The zero-order valence-electron chi connectivity index (χ0n) is 6.76. The lowest BCUT2D eigenvalue weighted by atomic mass is 10.1. The van der Waals surface area contributed by atoms with E-state index in [9.17, 15) is 0 Å². The molecular weight excluding hydrogens is 202 g/mol. The maximum Gasteiger partial charge on any atom is 0.0289 e. The molecule has 0 saturated heterocycles. The van der Waals surface area contributed by atoms with E-state index in [1.54, 1.807) is 0 Å². The van der Waals surface area contributed by atoms with Crippen molar-refractivity contribution in [2.45, 2.75) is 13.0 Å². The molecule has 0 aliphatic rings. The summed E-state index contributed by atoms with van der Waals surface area (Å²) in [6, 6.07) is 8.75. The Kier molecular flexibility index (Phi) is 3.09. The Morgan fingerprint density at radius 3 is 2.73 bits per heavy atom. The Morgan fingerprint density at radius 2 is 2.18 bits per heavy atom. The molecule has 0 amide bonds. The van der Waals surface area contributed by atoms with Gasteiger partial charge in [-0.2, -0.15) is 0 Å². The monoisotopic (exact) mass is 213 g/mol. The quantitative estimate of drug-likeness (QED) is 0.798. The van der Waals surface area contributed by atoms with Gasteiger partial charge in [0.1, 0.15) is 0 Å². The van der Waals surface area contributed by atoms with Crippen molar-refractivity contribution in [1.29, 1.82) is 0 Å². The van der Waals surface area contributed by atoms with Gasteiger partial charge in [0.05, 0.1) is 0 Å². The number of nitrogens with one attached hydrogen (secondary N) is 1. The van der Waals surface area contributed by atoms with E-state index in [2.05, 4.69) is 40.3 Å². The van der Waals surface area contributed by atoms with Crippen molar-refractivity contribution >= 4 is 15.9 Å². The van der Waals surface area contributed by atoms with Gasteiger partial charge < -0.3 is 5.32 Å². The maximum absolute atomic E-state index is 3.43. The highest BCUT2D eigenvalue weighted by atomic mass is 79.9. The van der Waals surface area contributed by atoms with Crippen LogP contribution in [0.4, 0.5) is 0 Å². The molecule has 1 N–H and O–H groups in total. The molecule has 60 valence electrons. The van der Waals surface area contributed by atoms with Gasteiger partial charge >= 0.3 is 0 Å². The molecule has 0 aliphatic heterocycles. The van der Waals surface area contributed by atoms with Crippen LogP contribution < -0.4 is 5.32 Å². The lowest BCUT2D eigenvalue weighted by molar-refractivity contribution is 0.652. The van der Waals surface area contributed by atoms with Gasteiger partial charge in [-0.25, -0.2) is 0 Å². The highest BCUT2D eigenvalue weighted by Gasteiger charge is 2.00. The van der Waals surface area contributed by atoms with Crippen LogP contribution in [-0.4, -0.2) is 7.05 Å². The first-order valence-electron chi connectivity index (χ1n) is 3.67. The van der Waals surface area contributed by atoms with Gasteiger partial charge in [0, 0.05) is 10.5 Å². The van der Waals surface area contributed by atoms with E-state index in [0.717, 1.165) is 4.47 Å². The smallest absolute Gasteiger partial charge is 0.0289 e. The zero-order chi connectivity index (χ0) is 8.27. The van der Waals surface area contributed by atoms with Gasteiger partial charge in [0.15, 0.2) is 0 Å². The van der Waals surface area contributed by atoms with Crippen LogP contribution in [0.5, 0.6) is 0 Å². The Labute approximate surface area is 75.9 Å². The molecule has 0 fully saturated rings. The van der Waals surface area contributed by atoms with Crippen molar-refractivity contribution in [2.75, 3.05) is 7.05 Å². The van der Waals surface area contributed by atoms with Crippen LogP contribution in [0.1, 0.15) is 18.5 Å². The molecule has 1 rings (SSSR count). The van der Waals surface area contributed by atoms with E-state index in [1.807, 2.05) is 19.2 Å². The average molecular weight is 214 g/mol. The molecule has 0 bridgehead atoms. The van der Waals surface area contributed by atoms with Gasteiger partial charge in [-0.15, -0.1) is 0 Å². The van der Waals surface area contributed by atoms with E-state index >= 15 is 0 Å². The summed E-state index contributed by atoms with van der Waals surface area (Å²) in [5.74, 6) is 0. The molecule has 0 saturated carbocycles. The molecule has 1 atom stereocenters. The fraction of sp³-hybridized carbons (Fsp3) is 0.333. The Morgan fingerprint density at radius 1 is 1.45 bits per heavy atom. The lowest BCUT2D eigenvalue weighted by Crippen LogP contribution is -2.11. The Balaban J connectivity index is 2.86. The summed E-state index contributed by atoms with van der Waals surface area (Å²) in [6.45, 7) is 2.14. The van der Waals surface area contributed by atoms with Crippen LogP contribution >= 0.6 is 15.9 Å². The lowest BCUT2D eigenvalue weighted by Gasteiger charge is -2.09. The van der Waals surface area contributed by atoms with Gasteiger partial charge in [-0.05, 0) is 31.7 Å². The first-order chi connectivity index (χ1) is 5.24. The molecule has 11 heavy (non-hydrogen) atoms. The van der Waals surface area contributed by atoms with Crippen LogP contribution in [0, 0.1) is 0 Å². The second-order valence-electron chi connectivity index (χ2n) is 2.57. The highest BCUT2D eigenvalue weighted by molar-refractivity contribution is 9.10. The molecule has 0 spiro atoms. The number of benzene rings is 1. The second-order valence-corrected chi connectivity index (χ2v) is 3.48. The van der Waals surface area contributed by atoms with Crippen molar-refractivity contribution in [3.8, 4) is 0 Å². The van der Waals surface area contributed by atoms with Crippen LogP contribution in [-0.2, 0) is 0 Å². The van der Waals surface area contributed by atoms with Gasteiger partial charge in [-0.1, -0.05) is 28.1 Å². The van der Waals surface area contributed by atoms with Crippen LogP contribution in [0.15, 0.2) is 28.7 Å². The topological polar surface area (TPSA) is 12.0 Å². The second kappa shape index (κ2) is 3.88. The molecule has 1 aromatic carbocycles. The summed E-state index contributed by atoms with van der Waals surface area (Å²) in [7, 11) is 1.96. The van der Waals surface area contributed by atoms with Crippen LogP contribution in [0.2, 0.25) is 0 Å². The number of rotatable bonds is 2. The van der Waals surface area contributed by atoms with Crippen molar-refractivity contribution in [3.05, 3.63) is 34.3 Å². The standard InChI is InChI=1S/C9H12BrN/c1-7(11-2)8-4-3-5-9(10)6-8/h3-7,11H,1-2H3. The molecular formula is C9H12BrN. The molecule has 0 heterocycles. The third kappa shape index (κ3) is 2.31. The van der Waals surface area contributed by atoms with E-state index in [1.165, 1.54) is 5.56 Å². The van der Waals surface area contributed by atoms with Crippen LogP contribution in [0.3, 0.4) is 0 Å². The van der Waals surface area contributed by atoms with E-state index in [-0.39, 0.29) is 0 Å². The average Bonchev–Trinajstić information content (AvgIpc) is 2.03. The van der Waals surface area contributed by atoms with Crippen LogP contribution in [0.25, 0.3) is 0 Å². The van der Waals surface area contributed by atoms with E-state index < -0.39 is 0 Å². The van der Waals surface area contributed by atoms with Crippen molar-refractivity contribution in [3.63, 3.8) is 0 Å². The first kappa shape index (κ1) is 8.75. The fourth-order valence-corrected chi connectivity index (χ4v) is 1.36. The minimum atomic E-state index is 0.424. The Bertz CT molecular complexity index is 235. The van der Waals surface area contributed by atoms with E-state index in [0.29, 0.717) is 6.04 Å². The highest BCUT2D eigenvalue weighted by Crippen LogP contribution is 2.16. The summed E-state index contributed by atoms with van der Waals surface area (Å²) in [4.78, 5) is 0. The van der Waals surface area contributed by atoms with E-state index in [4.69, 9.17) is 0 Å². The van der Waals surface area contributed by atoms with Crippen molar-refractivity contribution in [2.24, 2.45) is 0 Å². The summed E-state index contributed by atoms with van der Waals surface area (Å²) in [5.41, 5.74) is 1.31. The molecule has 1 unspecified atom stereocenters. The number of hydrogen-bond acceptors (Lipinski definition) is 1. The first-order valence-corrected chi connectivity index (χ1v) is 4.46. The maximum atomic E-state index is 3.43. The predicted molar refractivity (Wildman–Crippen MR) is 51.6 cm³/mol. The Hall–Kier alpha value is -0.340. The predicted octanol–water partition coefficient (Wildman–Crippen LogP) is 2.73. The third-order valence-electron chi connectivity index (χ3n) is 1.78. The summed E-state index contributed by atoms with van der Waals surface area (Å²) in [6.07, 6.45) is 0. The van der Waals surface area contributed by atoms with Gasteiger partial charge in [-0.3, -0.25) is 0 Å². The largest absolute Gasteiger partial charge is 0.313 e. The minimum Gasteiger partial charge on any atom is -0.313 e. The minimum absolute atomic E-state index is 0.424. The fourth-order valence-electron chi connectivity index (χ4n) is 0.943. The number of halogens is 1. The summed E-state index contributed by atoms with van der Waals surface area (Å²) in [5, 5.41) is 3.19. The normalized spacial score (nSPS) is 13.0. The molecule has 0 aliphatic carbocycles.